The highest BCUT2D eigenvalue weighted by Crippen LogP contribution is 2.40. The first-order valence-corrected chi connectivity index (χ1v) is 9.03. The van der Waals surface area contributed by atoms with Crippen LogP contribution in [0.1, 0.15) is 18.1 Å². The quantitative estimate of drug-likeness (QED) is 0.761. The number of carbonyl (C=O) groups excluding carboxylic acids is 2. The van der Waals surface area contributed by atoms with Gasteiger partial charge in [0.25, 0.3) is 11.8 Å². The Balaban J connectivity index is 2.12. The van der Waals surface area contributed by atoms with E-state index in [4.69, 9.17) is 4.74 Å². The van der Waals surface area contributed by atoms with E-state index in [2.05, 4.69) is 0 Å². The third-order valence-electron chi connectivity index (χ3n) is 4.00. The van der Waals surface area contributed by atoms with Gasteiger partial charge < -0.3 is 4.74 Å². The molecule has 2 amide bonds. The number of rotatable bonds is 5. The van der Waals surface area contributed by atoms with Crippen LogP contribution in [0.5, 0.6) is 5.75 Å². The predicted molar refractivity (Wildman–Crippen MR) is 102 cm³/mol. The second-order valence-electron chi connectivity index (χ2n) is 5.62. The molecule has 0 aliphatic carbocycles. The molecule has 2 aromatic rings. The number of hydrogen-bond acceptors (Lipinski definition) is 4. The molecule has 5 heteroatoms. The van der Waals surface area contributed by atoms with E-state index in [-0.39, 0.29) is 11.8 Å². The van der Waals surface area contributed by atoms with Crippen LogP contribution in [0.25, 0.3) is 5.57 Å². The van der Waals surface area contributed by atoms with Crippen LogP contribution in [0.2, 0.25) is 0 Å². The molecule has 3 rings (SSSR count). The van der Waals surface area contributed by atoms with Gasteiger partial charge in [-0.2, -0.15) is 0 Å². The van der Waals surface area contributed by atoms with Gasteiger partial charge in [-0.1, -0.05) is 42.8 Å². The zero-order chi connectivity index (χ0) is 18.0. The van der Waals surface area contributed by atoms with Crippen molar-refractivity contribution in [1.82, 2.24) is 0 Å². The van der Waals surface area contributed by atoms with Crippen molar-refractivity contribution >= 4 is 34.8 Å². The van der Waals surface area contributed by atoms with Gasteiger partial charge in [0.15, 0.2) is 0 Å². The largest absolute Gasteiger partial charge is 0.496 e. The number of nitrogens with zero attached hydrogens (tertiary/aromatic N) is 1. The minimum atomic E-state index is -0.311. The van der Waals surface area contributed by atoms with Crippen LogP contribution in [-0.2, 0) is 9.59 Å². The first-order valence-electron chi connectivity index (χ1n) is 8.04. The van der Waals surface area contributed by atoms with E-state index in [9.17, 15) is 9.59 Å². The number of anilines is 1. The van der Waals surface area contributed by atoms with E-state index in [1.165, 1.54) is 16.7 Å². The third kappa shape index (κ3) is 3.07. The molecule has 0 aromatic heterocycles. The van der Waals surface area contributed by atoms with Crippen molar-refractivity contribution in [3.8, 4) is 5.75 Å². The number of benzene rings is 2. The van der Waals surface area contributed by atoms with Crippen molar-refractivity contribution in [1.29, 1.82) is 0 Å². The molecular weight excluding hydrogens is 334 g/mol. The van der Waals surface area contributed by atoms with Crippen LogP contribution < -0.4 is 9.64 Å². The van der Waals surface area contributed by atoms with Crippen molar-refractivity contribution in [3.63, 3.8) is 0 Å². The Morgan fingerprint density at radius 2 is 1.68 bits per heavy atom. The van der Waals surface area contributed by atoms with Gasteiger partial charge in [0.05, 0.1) is 23.3 Å². The van der Waals surface area contributed by atoms with Crippen molar-refractivity contribution in [2.45, 2.75) is 13.8 Å². The van der Waals surface area contributed by atoms with E-state index in [1.54, 1.807) is 25.3 Å². The fraction of sp³-hybridized carbons (Fsp3) is 0.200. The summed E-state index contributed by atoms with van der Waals surface area (Å²) >= 11 is 1.39. The van der Waals surface area contributed by atoms with E-state index >= 15 is 0 Å². The maximum absolute atomic E-state index is 13.1. The molecule has 1 aliphatic heterocycles. The molecule has 0 N–H and O–H groups in total. The Kier molecular flexibility index (Phi) is 4.95. The lowest BCUT2D eigenvalue weighted by molar-refractivity contribution is -0.119. The fourth-order valence-electron chi connectivity index (χ4n) is 2.80. The number of thioether (sulfide) groups is 1. The SMILES string of the molecule is CCSC1=C(c2ccccc2OC)C(=O)N(c2ccc(C)cc2)C1=O. The predicted octanol–water partition coefficient (Wildman–Crippen LogP) is 4.04. The summed E-state index contributed by atoms with van der Waals surface area (Å²) in [7, 11) is 1.56. The smallest absolute Gasteiger partial charge is 0.272 e. The van der Waals surface area contributed by atoms with Crippen LogP contribution in [-0.4, -0.2) is 24.7 Å². The molecular formula is C20H19NO3S. The lowest BCUT2D eigenvalue weighted by Gasteiger charge is -2.15. The second kappa shape index (κ2) is 7.15. The molecule has 0 fully saturated rings. The highest BCUT2D eigenvalue weighted by atomic mass is 32.2. The standard InChI is InChI=1S/C20H19NO3S/c1-4-25-18-17(15-7-5-6-8-16(15)24-3)19(22)21(20(18)23)14-11-9-13(2)10-12-14/h5-12H,4H2,1-3H3. The molecule has 0 spiro atoms. The van der Waals surface area contributed by atoms with E-state index in [1.807, 2.05) is 44.2 Å². The number of imide groups is 1. The zero-order valence-corrected chi connectivity index (χ0v) is 15.2. The van der Waals surface area contributed by atoms with Gasteiger partial charge in [0.2, 0.25) is 0 Å². The Labute approximate surface area is 151 Å². The normalized spacial score (nSPS) is 14.4. The van der Waals surface area contributed by atoms with Crippen LogP contribution in [0.15, 0.2) is 53.4 Å². The first-order chi connectivity index (χ1) is 12.1. The Bertz CT molecular complexity index is 855. The number of methoxy groups -OCH3 is 1. The summed E-state index contributed by atoms with van der Waals surface area (Å²) in [5.74, 6) is 0.698. The topological polar surface area (TPSA) is 46.6 Å². The van der Waals surface area contributed by atoms with Gasteiger partial charge in [-0.15, -0.1) is 11.8 Å². The number of ether oxygens (including phenoxy) is 1. The third-order valence-corrected chi connectivity index (χ3v) is 4.95. The van der Waals surface area contributed by atoms with Gasteiger partial charge in [-0.25, -0.2) is 4.90 Å². The summed E-state index contributed by atoms with van der Waals surface area (Å²) < 4.78 is 5.40. The second-order valence-corrected chi connectivity index (χ2v) is 6.89. The zero-order valence-electron chi connectivity index (χ0n) is 14.4. The molecule has 0 unspecified atom stereocenters. The van der Waals surface area contributed by atoms with Gasteiger partial charge in [0.1, 0.15) is 5.75 Å². The summed E-state index contributed by atoms with van der Waals surface area (Å²) in [4.78, 5) is 27.8. The van der Waals surface area contributed by atoms with Crippen LogP contribution in [0.3, 0.4) is 0 Å². The maximum atomic E-state index is 13.1. The molecule has 0 radical (unpaired) electrons. The van der Waals surface area contributed by atoms with Crippen LogP contribution >= 0.6 is 11.8 Å². The van der Waals surface area contributed by atoms with E-state index in [0.717, 1.165) is 5.56 Å². The number of carbonyl (C=O) groups is 2. The monoisotopic (exact) mass is 353 g/mol. The van der Waals surface area contributed by atoms with Gasteiger partial charge in [-0.3, -0.25) is 9.59 Å². The summed E-state index contributed by atoms with van der Waals surface area (Å²) in [5.41, 5.74) is 2.72. The molecule has 1 aliphatic rings. The highest BCUT2D eigenvalue weighted by Gasteiger charge is 2.40. The van der Waals surface area contributed by atoms with Crippen LogP contribution in [0.4, 0.5) is 5.69 Å². The molecule has 0 bridgehead atoms. The Morgan fingerprint density at radius 1 is 1.00 bits per heavy atom. The molecule has 25 heavy (non-hydrogen) atoms. The van der Waals surface area contributed by atoms with Crippen LogP contribution in [0, 0.1) is 6.92 Å². The van der Waals surface area contributed by atoms with E-state index < -0.39 is 0 Å². The average Bonchev–Trinajstić information content (AvgIpc) is 2.86. The lowest BCUT2D eigenvalue weighted by atomic mass is 10.0. The number of para-hydroxylation sites is 1. The molecule has 128 valence electrons. The minimum Gasteiger partial charge on any atom is -0.496 e. The van der Waals surface area contributed by atoms with Crippen molar-refractivity contribution < 1.29 is 14.3 Å². The summed E-state index contributed by atoms with van der Waals surface area (Å²) in [6.07, 6.45) is 0. The van der Waals surface area contributed by atoms with Gasteiger partial charge >= 0.3 is 0 Å². The Morgan fingerprint density at radius 3 is 2.32 bits per heavy atom. The summed E-state index contributed by atoms with van der Waals surface area (Å²) in [6.45, 7) is 3.93. The maximum Gasteiger partial charge on any atom is 0.272 e. The van der Waals surface area contributed by atoms with Gasteiger partial charge in [0, 0.05) is 5.56 Å². The number of aryl methyl sites for hydroxylation is 1. The molecule has 0 saturated carbocycles. The van der Waals surface area contributed by atoms with Crippen molar-refractivity contribution in [3.05, 3.63) is 64.6 Å². The highest BCUT2D eigenvalue weighted by molar-refractivity contribution is 8.04. The van der Waals surface area contributed by atoms with E-state index in [0.29, 0.717) is 33.2 Å². The first kappa shape index (κ1) is 17.3. The number of amides is 2. The molecule has 1 heterocycles. The van der Waals surface area contributed by atoms with Gasteiger partial charge in [-0.05, 0) is 30.9 Å². The summed E-state index contributed by atoms with van der Waals surface area (Å²) in [6, 6.07) is 14.7. The summed E-state index contributed by atoms with van der Waals surface area (Å²) in [5, 5.41) is 0. The van der Waals surface area contributed by atoms with Crippen molar-refractivity contribution in [2.24, 2.45) is 0 Å². The average molecular weight is 353 g/mol. The fourth-order valence-corrected chi connectivity index (χ4v) is 3.65. The number of hydrogen-bond donors (Lipinski definition) is 0. The molecule has 0 atom stereocenters. The minimum absolute atomic E-state index is 0.276. The lowest BCUT2D eigenvalue weighted by Crippen LogP contribution is -2.31. The molecule has 4 nitrogen and oxygen atoms in total. The molecule has 0 saturated heterocycles. The molecule has 2 aromatic carbocycles. The van der Waals surface area contributed by atoms with Crippen molar-refractivity contribution in [2.75, 3.05) is 17.8 Å². The Hall–Kier alpha value is -2.53.